The van der Waals surface area contributed by atoms with Crippen LogP contribution in [-0.4, -0.2) is 54.1 Å². The molecule has 0 aromatic carbocycles. The summed E-state index contributed by atoms with van der Waals surface area (Å²) in [5.74, 6) is -0.314. The van der Waals surface area contributed by atoms with Crippen LogP contribution in [0.4, 0.5) is 4.39 Å². The minimum absolute atomic E-state index is 0.115. The average molecular weight is 280 g/mol. The molecule has 0 bridgehead atoms. The summed E-state index contributed by atoms with van der Waals surface area (Å²) < 4.78 is 12.8. The van der Waals surface area contributed by atoms with Crippen LogP contribution in [0.1, 0.15) is 31.5 Å². The van der Waals surface area contributed by atoms with Gasteiger partial charge in [0.05, 0.1) is 11.9 Å². The number of hydrogen-bond acceptors (Lipinski definition) is 4. The number of hydrogen-bond donors (Lipinski definition) is 1. The molecule has 2 heterocycles. The van der Waals surface area contributed by atoms with Crippen molar-refractivity contribution in [3.05, 3.63) is 29.8 Å². The summed E-state index contributed by atoms with van der Waals surface area (Å²) in [6.07, 6.45) is 3.27. The van der Waals surface area contributed by atoms with Gasteiger partial charge < -0.3 is 15.5 Å². The maximum absolute atomic E-state index is 12.8. The van der Waals surface area contributed by atoms with Gasteiger partial charge in [-0.3, -0.25) is 4.98 Å². The predicted molar refractivity (Wildman–Crippen MR) is 78.9 cm³/mol. The summed E-state index contributed by atoms with van der Waals surface area (Å²) in [6.45, 7) is 6.53. The topological polar surface area (TPSA) is 45.4 Å². The SMILES string of the molecule is CCC1CN(CCC(N)c2ccc(F)cn2)CCN1C. The van der Waals surface area contributed by atoms with E-state index < -0.39 is 0 Å². The molecule has 1 aliphatic heterocycles. The summed E-state index contributed by atoms with van der Waals surface area (Å²) in [6, 6.07) is 3.63. The lowest BCUT2D eigenvalue weighted by atomic mass is 10.1. The molecule has 0 saturated carbocycles. The largest absolute Gasteiger partial charge is 0.323 e. The van der Waals surface area contributed by atoms with Crippen LogP contribution in [0.25, 0.3) is 0 Å². The lowest BCUT2D eigenvalue weighted by Gasteiger charge is -2.39. The summed E-state index contributed by atoms with van der Waals surface area (Å²) in [4.78, 5) is 8.96. The van der Waals surface area contributed by atoms with Gasteiger partial charge in [-0.15, -0.1) is 0 Å². The Hall–Kier alpha value is -1.04. The van der Waals surface area contributed by atoms with Crippen LogP contribution >= 0.6 is 0 Å². The molecule has 0 aliphatic carbocycles. The second-order valence-electron chi connectivity index (χ2n) is 5.64. The van der Waals surface area contributed by atoms with Crippen LogP contribution in [0.3, 0.4) is 0 Å². The lowest BCUT2D eigenvalue weighted by molar-refractivity contribution is 0.0910. The number of piperazine rings is 1. The van der Waals surface area contributed by atoms with E-state index in [-0.39, 0.29) is 11.9 Å². The molecule has 0 amide bonds. The molecule has 2 rings (SSSR count). The van der Waals surface area contributed by atoms with Crippen LogP contribution in [0.15, 0.2) is 18.3 Å². The number of nitrogens with zero attached hydrogens (tertiary/aromatic N) is 3. The van der Waals surface area contributed by atoms with Gasteiger partial charge in [0.2, 0.25) is 0 Å². The van der Waals surface area contributed by atoms with Crippen molar-refractivity contribution >= 4 is 0 Å². The molecule has 1 aromatic rings. The van der Waals surface area contributed by atoms with E-state index in [0.29, 0.717) is 6.04 Å². The fraction of sp³-hybridized carbons (Fsp3) is 0.667. The number of likely N-dealkylation sites (N-methyl/N-ethyl adjacent to an activating group) is 1. The first-order valence-electron chi connectivity index (χ1n) is 7.39. The second-order valence-corrected chi connectivity index (χ2v) is 5.64. The first-order chi connectivity index (χ1) is 9.60. The Labute approximate surface area is 120 Å². The molecule has 2 unspecified atom stereocenters. The third-order valence-corrected chi connectivity index (χ3v) is 4.22. The third kappa shape index (κ3) is 3.98. The number of nitrogens with two attached hydrogens (primary N) is 1. The maximum Gasteiger partial charge on any atom is 0.141 e. The van der Waals surface area contributed by atoms with Crippen molar-refractivity contribution < 1.29 is 4.39 Å². The highest BCUT2D eigenvalue weighted by Gasteiger charge is 2.23. The van der Waals surface area contributed by atoms with E-state index in [1.54, 1.807) is 6.07 Å². The third-order valence-electron chi connectivity index (χ3n) is 4.22. The monoisotopic (exact) mass is 280 g/mol. The molecule has 112 valence electrons. The Bertz CT molecular complexity index is 409. The first-order valence-corrected chi connectivity index (χ1v) is 7.39. The van der Waals surface area contributed by atoms with Crippen LogP contribution < -0.4 is 5.73 Å². The Morgan fingerprint density at radius 3 is 2.90 bits per heavy atom. The predicted octanol–water partition coefficient (Wildman–Crippen LogP) is 1.64. The molecule has 5 heteroatoms. The summed E-state index contributed by atoms with van der Waals surface area (Å²) in [5, 5.41) is 0. The quantitative estimate of drug-likeness (QED) is 0.890. The zero-order valence-electron chi connectivity index (χ0n) is 12.4. The molecular formula is C15H25FN4. The molecule has 4 nitrogen and oxygen atoms in total. The number of aromatic nitrogens is 1. The molecule has 1 fully saturated rings. The van der Waals surface area contributed by atoms with Gasteiger partial charge in [-0.1, -0.05) is 6.92 Å². The van der Waals surface area contributed by atoms with Gasteiger partial charge >= 0.3 is 0 Å². The normalized spacial score (nSPS) is 22.9. The van der Waals surface area contributed by atoms with Crippen molar-refractivity contribution in [1.82, 2.24) is 14.8 Å². The van der Waals surface area contributed by atoms with Crippen LogP contribution in [0, 0.1) is 5.82 Å². The van der Waals surface area contributed by atoms with Crippen LogP contribution in [-0.2, 0) is 0 Å². The molecular weight excluding hydrogens is 255 g/mol. The molecule has 2 atom stereocenters. The maximum atomic E-state index is 12.8. The van der Waals surface area contributed by atoms with E-state index in [0.717, 1.165) is 38.3 Å². The van der Waals surface area contributed by atoms with E-state index in [1.165, 1.54) is 18.7 Å². The number of halogens is 1. The van der Waals surface area contributed by atoms with Gasteiger partial charge in [0.1, 0.15) is 5.82 Å². The summed E-state index contributed by atoms with van der Waals surface area (Å²) >= 11 is 0. The first kappa shape index (κ1) is 15.4. The molecule has 2 N–H and O–H groups in total. The van der Waals surface area contributed by atoms with Crippen molar-refractivity contribution in [3.8, 4) is 0 Å². The van der Waals surface area contributed by atoms with Crippen molar-refractivity contribution in [2.75, 3.05) is 33.2 Å². The van der Waals surface area contributed by atoms with Crippen molar-refractivity contribution in [2.45, 2.75) is 31.8 Å². The van der Waals surface area contributed by atoms with Crippen molar-refractivity contribution in [2.24, 2.45) is 5.73 Å². The Kier molecular flexibility index (Phi) is 5.46. The van der Waals surface area contributed by atoms with Gasteiger partial charge in [0, 0.05) is 38.3 Å². The zero-order valence-corrected chi connectivity index (χ0v) is 12.4. The highest BCUT2D eigenvalue weighted by molar-refractivity contribution is 5.09. The fourth-order valence-corrected chi connectivity index (χ4v) is 2.73. The van der Waals surface area contributed by atoms with E-state index in [1.807, 2.05) is 0 Å². The lowest BCUT2D eigenvalue weighted by Crippen LogP contribution is -2.51. The molecule has 0 spiro atoms. The molecule has 0 radical (unpaired) electrons. The van der Waals surface area contributed by atoms with E-state index in [4.69, 9.17) is 5.73 Å². The van der Waals surface area contributed by atoms with E-state index >= 15 is 0 Å². The smallest absolute Gasteiger partial charge is 0.141 e. The highest BCUT2D eigenvalue weighted by atomic mass is 19.1. The minimum Gasteiger partial charge on any atom is -0.323 e. The van der Waals surface area contributed by atoms with Gasteiger partial charge in [-0.25, -0.2) is 4.39 Å². The van der Waals surface area contributed by atoms with E-state index in [2.05, 4.69) is 28.8 Å². The van der Waals surface area contributed by atoms with Crippen LogP contribution in [0.5, 0.6) is 0 Å². The van der Waals surface area contributed by atoms with Crippen molar-refractivity contribution in [1.29, 1.82) is 0 Å². The Morgan fingerprint density at radius 1 is 1.45 bits per heavy atom. The molecule has 1 aromatic heterocycles. The minimum atomic E-state index is -0.314. The summed E-state index contributed by atoms with van der Waals surface area (Å²) in [5.41, 5.74) is 6.91. The fourth-order valence-electron chi connectivity index (χ4n) is 2.73. The Balaban J connectivity index is 1.81. The molecule has 1 aliphatic rings. The number of pyridine rings is 1. The summed E-state index contributed by atoms with van der Waals surface area (Å²) in [7, 11) is 2.19. The van der Waals surface area contributed by atoms with Gasteiger partial charge in [0.15, 0.2) is 0 Å². The Morgan fingerprint density at radius 2 is 2.25 bits per heavy atom. The average Bonchev–Trinajstić information content (AvgIpc) is 2.46. The van der Waals surface area contributed by atoms with Gasteiger partial charge in [-0.2, -0.15) is 0 Å². The van der Waals surface area contributed by atoms with E-state index in [9.17, 15) is 4.39 Å². The van der Waals surface area contributed by atoms with Gasteiger partial charge in [-0.05, 0) is 32.0 Å². The standard InChI is InChI=1S/C15H25FN4/c1-3-13-11-20(9-8-19(13)2)7-6-14(17)15-5-4-12(16)10-18-15/h4-5,10,13-14H,3,6-9,11,17H2,1-2H3. The van der Waals surface area contributed by atoms with Crippen LogP contribution in [0.2, 0.25) is 0 Å². The molecule has 20 heavy (non-hydrogen) atoms. The highest BCUT2D eigenvalue weighted by Crippen LogP contribution is 2.15. The second kappa shape index (κ2) is 7.11. The molecule has 1 saturated heterocycles. The number of rotatable bonds is 5. The van der Waals surface area contributed by atoms with Crippen molar-refractivity contribution in [3.63, 3.8) is 0 Å². The van der Waals surface area contributed by atoms with Gasteiger partial charge in [0.25, 0.3) is 0 Å². The zero-order chi connectivity index (χ0) is 14.5.